The van der Waals surface area contributed by atoms with Gasteiger partial charge in [0.25, 0.3) is 0 Å². The van der Waals surface area contributed by atoms with Gasteiger partial charge in [0, 0.05) is 22.4 Å². The van der Waals surface area contributed by atoms with E-state index in [1.54, 1.807) is 0 Å². The van der Waals surface area contributed by atoms with Crippen molar-refractivity contribution >= 4 is 44.8 Å². The maximum atomic E-state index is 5.33. The van der Waals surface area contributed by atoms with Crippen molar-refractivity contribution in [2.45, 2.75) is 13.5 Å². The lowest BCUT2D eigenvalue weighted by atomic mass is 10.1. The van der Waals surface area contributed by atoms with Crippen molar-refractivity contribution < 1.29 is 0 Å². The summed E-state index contributed by atoms with van der Waals surface area (Å²) in [5.41, 5.74) is 3.44. The SMILES string of the molecule is Cc1ccccc1Cn1ccc(NC(=S)Nc2ccc(Br)cc2)n1. The highest BCUT2D eigenvalue weighted by atomic mass is 79.9. The molecule has 0 atom stereocenters. The number of nitrogens with one attached hydrogen (secondary N) is 2. The fourth-order valence-corrected chi connectivity index (χ4v) is 2.78. The standard InChI is InChI=1S/C18H17BrN4S/c1-13-4-2-3-5-14(13)12-23-11-10-17(22-23)21-18(24)20-16-8-6-15(19)7-9-16/h2-11H,12H2,1H3,(H2,20,21,22,24). The average molecular weight is 401 g/mol. The first-order valence-electron chi connectivity index (χ1n) is 7.52. The Morgan fingerprint density at radius 1 is 1.08 bits per heavy atom. The number of aryl methyl sites for hydroxylation is 1. The third-order valence-electron chi connectivity index (χ3n) is 3.58. The predicted molar refractivity (Wildman–Crippen MR) is 106 cm³/mol. The summed E-state index contributed by atoms with van der Waals surface area (Å²) < 4.78 is 2.93. The first kappa shape index (κ1) is 16.7. The molecule has 122 valence electrons. The third-order valence-corrected chi connectivity index (χ3v) is 4.31. The number of hydrogen-bond donors (Lipinski definition) is 2. The van der Waals surface area contributed by atoms with Gasteiger partial charge in [-0.05, 0) is 54.5 Å². The van der Waals surface area contributed by atoms with Crippen molar-refractivity contribution in [3.8, 4) is 0 Å². The molecule has 1 heterocycles. The van der Waals surface area contributed by atoms with Crippen molar-refractivity contribution in [2.75, 3.05) is 10.6 Å². The van der Waals surface area contributed by atoms with Crippen LogP contribution in [0, 0.1) is 6.92 Å². The Bertz CT molecular complexity index is 842. The molecule has 1 aromatic heterocycles. The summed E-state index contributed by atoms with van der Waals surface area (Å²) in [5, 5.41) is 11.3. The largest absolute Gasteiger partial charge is 0.332 e. The van der Waals surface area contributed by atoms with Crippen LogP contribution < -0.4 is 10.6 Å². The van der Waals surface area contributed by atoms with Crippen LogP contribution in [-0.2, 0) is 6.54 Å². The second-order valence-corrected chi connectivity index (χ2v) is 6.73. The molecule has 2 N–H and O–H groups in total. The molecule has 6 heteroatoms. The van der Waals surface area contributed by atoms with Gasteiger partial charge in [0.05, 0.1) is 6.54 Å². The lowest BCUT2D eigenvalue weighted by Gasteiger charge is -2.09. The van der Waals surface area contributed by atoms with Gasteiger partial charge in [0.15, 0.2) is 10.9 Å². The van der Waals surface area contributed by atoms with Crippen LogP contribution in [0.5, 0.6) is 0 Å². The molecule has 24 heavy (non-hydrogen) atoms. The Kier molecular flexibility index (Phi) is 5.27. The van der Waals surface area contributed by atoms with Gasteiger partial charge < -0.3 is 10.6 Å². The zero-order chi connectivity index (χ0) is 16.9. The van der Waals surface area contributed by atoms with Crippen LogP contribution in [0.1, 0.15) is 11.1 Å². The molecule has 0 spiro atoms. The number of nitrogens with zero attached hydrogens (tertiary/aromatic N) is 2. The number of thiocarbonyl (C=S) groups is 1. The van der Waals surface area contributed by atoms with E-state index < -0.39 is 0 Å². The van der Waals surface area contributed by atoms with E-state index in [0.717, 1.165) is 22.5 Å². The molecule has 0 saturated carbocycles. The second kappa shape index (κ2) is 7.59. The van der Waals surface area contributed by atoms with E-state index in [2.05, 4.69) is 50.7 Å². The van der Waals surface area contributed by atoms with Crippen LogP contribution in [0.3, 0.4) is 0 Å². The molecule has 0 radical (unpaired) electrons. The van der Waals surface area contributed by atoms with Gasteiger partial charge in [-0.2, -0.15) is 5.10 Å². The molecular weight excluding hydrogens is 384 g/mol. The summed E-state index contributed by atoms with van der Waals surface area (Å²) in [4.78, 5) is 0. The second-order valence-electron chi connectivity index (χ2n) is 5.41. The Hall–Kier alpha value is -2.18. The molecule has 2 aromatic carbocycles. The fourth-order valence-electron chi connectivity index (χ4n) is 2.29. The first-order valence-corrected chi connectivity index (χ1v) is 8.72. The molecule has 0 bridgehead atoms. The van der Waals surface area contributed by atoms with E-state index in [1.807, 2.05) is 53.3 Å². The van der Waals surface area contributed by atoms with Crippen molar-refractivity contribution in [3.05, 3.63) is 76.4 Å². The molecule has 0 amide bonds. The van der Waals surface area contributed by atoms with Crippen LogP contribution >= 0.6 is 28.1 Å². The van der Waals surface area contributed by atoms with Crippen molar-refractivity contribution in [1.82, 2.24) is 9.78 Å². The maximum absolute atomic E-state index is 5.33. The summed E-state index contributed by atoms with van der Waals surface area (Å²) in [6.45, 7) is 2.84. The number of aromatic nitrogens is 2. The molecule has 0 aliphatic heterocycles. The molecular formula is C18H17BrN4S. The van der Waals surface area contributed by atoms with E-state index in [4.69, 9.17) is 12.2 Å². The quantitative estimate of drug-likeness (QED) is 0.616. The minimum atomic E-state index is 0.512. The van der Waals surface area contributed by atoms with E-state index >= 15 is 0 Å². The van der Waals surface area contributed by atoms with Crippen molar-refractivity contribution in [1.29, 1.82) is 0 Å². The zero-order valence-corrected chi connectivity index (χ0v) is 15.6. The number of halogens is 1. The smallest absolute Gasteiger partial charge is 0.176 e. The van der Waals surface area contributed by atoms with Gasteiger partial charge in [-0.15, -0.1) is 0 Å². The maximum Gasteiger partial charge on any atom is 0.176 e. The number of hydrogen-bond acceptors (Lipinski definition) is 2. The lowest BCUT2D eigenvalue weighted by molar-refractivity contribution is 0.687. The number of rotatable bonds is 4. The number of anilines is 2. The molecule has 0 fully saturated rings. The number of benzene rings is 2. The minimum absolute atomic E-state index is 0.512. The van der Waals surface area contributed by atoms with Gasteiger partial charge in [-0.1, -0.05) is 40.2 Å². The molecule has 0 aliphatic rings. The Labute approximate surface area is 155 Å². The van der Waals surface area contributed by atoms with Crippen LogP contribution in [0.2, 0.25) is 0 Å². The zero-order valence-electron chi connectivity index (χ0n) is 13.2. The minimum Gasteiger partial charge on any atom is -0.332 e. The molecule has 0 unspecified atom stereocenters. The van der Waals surface area contributed by atoms with E-state index in [-0.39, 0.29) is 0 Å². The van der Waals surface area contributed by atoms with E-state index in [0.29, 0.717) is 5.11 Å². The van der Waals surface area contributed by atoms with Crippen LogP contribution in [0.15, 0.2) is 65.3 Å². The summed E-state index contributed by atoms with van der Waals surface area (Å²) in [6.07, 6.45) is 1.94. The molecule has 0 saturated heterocycles. The van der Waals surface area contributed by atoms with Crippen LogP contribution in [-0.4, -0.2) is 14.9 Å². The summed E-state index contributed by atoms with van der Waals surface area (Å²) in [7, 11) is 0. The topological polar surface area (TPSA) is 41.9 Å². The van der Waals surface area contributed by atoms with Crippen LogP contribution in [0.25, 0.3) is 0 Å². The van der Waals surface area contributed by atoms with Gasteiger partial charge in [-0.3, -0.25) is 4.68 Å². The predicted octanol–water partition coefficient (Wildman–Crippen LogP) is 4.81. The monoisotopic (exact) mass is 400 g/mol. The lowest BCUT2D eigenvalue weighted by Crippen LogP contribution is -2.19. The van der Waals surface area contributed by atoms with Gasteiger partial charge in [0.1, 0.15) is 0 Å². The highest BCUT2D eigenvalue weighted by Gasteiger charge is 2.04. The highest BCUT2D eigenvalue weighted by molar-refractivity contribution is 9.10. The van der Waals surface area contributed by atoms with E-state index in [1.165, 1.54) is 11.1 Å². The first-order chi connectivity index (χ1) is 11.6. The summed E-state index contributed by atoms with van der Waals surface area (Å²) in [6, 6.07) is 18.0. The fraction of sp³-hybridized carbons (Fsp3) is 0.111. The highest BCUT2D eigenvalue weighted by Crippen LogP contribution is 2.15. The van der Waals surface area contributed by atoms with Gasteiger partial charge >= 0.3 is 0 Å². The van der Waals surface area contributed by atoms with Crippen molar-refractivity contribution in [2.24, 2.45) is 0 Å². The van der Waals surface area contributed by atoms with Gasteiger partial charge in [-0.25, -0.2) is 0 Å². The van der Waals surface area contributed by atoms with Crippen LogP contribution in [0.4, 0.5) is 11.5 Å². The molecule has 3 aromatic rings. The Morgan fingerprint density at radius 2 is 1.83 bits per heavy atom. The van der Waals surface area contributed by atoms with Gasteiger partial charge in [0.2, 0.25) is 0 Å². The van der Waals surface area contributed by atoms with E-state index in [9.17, 15) is 0 Å². The third kappa shape index (κ3) is 4.43. The van der Waals surface area contributed by atoms with Crippen molar-refractivity contribution in [3.63, 3.8) is 0 Å². The average Bonchev–Trinajstić information content (AvgIpc) is 2.99. The Balaban J connectivity index is 1.60. The molecule has 4 nitrogen and oxygen atoms in total. The summed E-state index contributed by atoms with van der Waals surface area (Å²) in [5.74, 6) is 0.721. The normalized spacial score (nSPS) is 10.4. The Morgan fingerprint density at radius 3 is 2.58 bits per heavy atom. The molecule has 3 rings (SSSR count). The molecule has 0 aliphatic carbocycles. The summed E-state index contributed by atoms with van der Waals surface area (Å²) >= 11 is 8.74.